The number of aliphatic hydroxyl groups is 1. The average molecular weight is 248 g/mol. The Morgan fingerprint density at radius 1 is 1.22 bits per heavy atom. The largest absolute Gasteiger partial charge is 0.396 e. The summed E-state index contributed by atoms with van der Waals surface area (Å²) in [5, 5.41) is 8.76. The second-order valence-corrected chi connectivity index (χ2v) is 5.08. The molecule has 0 unspecified atom stereocenters. The Morgan fingerprint density at radius 2 is 2.06 bits per heavy atom. The van der Waals surface area contributed by atoms with E-state index in [0.717, 1.165) is 12.8 Å². The minimum absolute atomic E-state index is 0.215. The first kappa shape index (κ1) is 13.6. The van der Waals surface area contributed by atoms with Gasteiger partial charge >= 0.3 is 0 Å². The van der Waals surface area contributed by atoms with Crippen molar-refractivity contribution < 1.29 is 9.84 Å². The number of aliphatic hydroxyl groups excluding tert-OH is 1. The van der Waals surface area contributed by atoms with E-state index in [4.69, 9.17) is 9.84 Å². The van der Waals surface area contributed by atoms with Gasteiger partial charge in [-0.25, -0.2) is 0 Å². The van der Waals surface area contributed by atoms with Crippen molar-refractivity contribution in [2.75, 3.05) is 13.2 Å². The van der Waals surface area contributed by atoms with Crippen LogP contribution in [0.5, 0.6) is 0 Å². The summed E-state index contributed by atoms with van der Waals surface area (Å²) in [4.78, 5) is 0. The van der Waals surface area contributed by atoms with Gasteiger partial charge in [-0.15, -0.1) is 0 Å². The molecule has 0 saturated carbocycles. The molecular formula is C16H24O2. The van der Waals surface area contributed by atoms with Gasteiger partial charge in [-0.05, 0) is 60.8 Å². The van der Waals surface area contributed by atoms with Crippen molar-refractivity contribution >= 4 is 0 Å². The lowest BCUT2D eigenvalue weighted by Crippen LogP contribution is -2.09. The number of hydrogen-bond acceptors (Lipinski definition) is 2. The van der Waals surface area contributed by atoms with Crippen molar-refractivity contribution in [3.05, 3.63) is 34.4 Å². The van der Waals surface area contributed by atoms with Crippen LogP contribution in [0.25, 0.3) is 0 Å². The lowest BCUT2D eigenvalue weighted by atomic mass is 9.86. The highest BCUT2D eigenvalue weighted by molar-refractivity contribution is 5.40. The quantitative estimate of drug-likeness (QED) is 0.784. The smallest absolute Gasteiger partial charge is 0.0719 e. The maximum absolute atomic E-state index is 8.76. The summed E-state index contributed by atoms with van der Waals surface area (Å²) in [6.45, 7) is 3.78. The molecule has 0 bridgehead atoms. The van der Waals surface area contributed by atoms with Crippen LogP contribution in [-0.4, -0.2) is 18.3 Å². The highest BCUT2D eigenvalue weighted by Crippen LogP contribution is 2.27. The number of hydrogen-bond donors (Lipinski definition) is 1. The third-order valence-electron chi connectivity index (χ3n) is 3.73. The Labute approximate surface area is 110 Å². The fourth-order valence-electron chi connectivity index (χ4n) is 2.71. The first-order valence-electron chi connectivity index (χ1n) is 7.17. The predicted octanol–water partition coefficient (Wildman–Crippen LogP) is 3.03. The zero-order valence-corrected chi connectivity index (χ0v) is 11.4. The topological polar surface area (TPSA) is 29.5 Å². The Hall–Kier alpha value is -0.860. The second-order valence-electron chi connectivity index (χ2n) is 5.08. The molecule has 1 aromatic rings. The Morgan fingerprint density at radius 3 is 2.83 bits per heavy atom. The summed E-state index contributed by atoms with van der Waals surface area (Å²) < 4.78 is 5.67. The minimum Gasteiger partial charge on any atom is -0.396 e. The van der Waals surface area contributed by atoms with E-state index in [2.05, 4.69) is 19.1 Å². The van der Waals surface area contributed by atoms with Gasteiger partial charge in [-0.1, -0.05) is 19.1 Å². The van der Waals surface area contributed by atoms with E-state index in [1.807, 2.05) is 0 Å². The number of ether oxygens (including phenoxy) is 1. The average Bonchev–Trinajstić information content (AvgIpc) is 2.43. The summed E-state index contributed by atoms with van der Waals surface area (Å²) >= 11 is 0. The molecule has 100 valence electrons. The normalized spacial score (nSPS) is 14.6. The van der Waals surface area contributed by atoms with Crippen LogP contribution < -0.4 is 0 Å². The third-order valence-corrected chi connectivity index (χ3v) is 3.73. The van der Waals surface area contributed by atoms with Gasteiger partial charge in [0, 0.05) is 13.2 Å². The first-order chi connectivity index (χ1) is 8.85. The molecule has 0 aromatic heterocycles. The van der Waals surface area contributed by atoms with Crippen LogP contribution in [0.1, 0.15) is 48.4 Å². The summed E-state index contributed by atoms with van der Waals surface area (Å²) in [6.07, 6.45) is 6.89. The first-order valence-corrected chi connectivity index (χ1v) is 7.17. The Bertz CT molecular complexity index is 385. The van der Waals surface area contributed by atoms with E-state index in [9.17, 15) is 0 Å². The van der Waals surface area contributed by atoms with Crippen molar-refractivity contribution in [2.24, 2.45) is 0 Å². The molecule has 2 rings (SSSR count). The van der Waals surface area contributed by atoms with Crippen molar-refractivity contribution in [3.63, 3.8) is 0 Å². The van der Waals surface area contributed by atoms with E-state index in [1.54, 1.807) is 5.56 Å². The fourth-order valence-corrected chi connectivity index (χ4v) is 2.71. The summed E-state index contributed by atoms with van der Waals surface area (Å²) in [5.74, 6) is 0. The Kier molecular flexibility index (Phi) is 5.21. The molecule has 1 aromatic carbocycles. The van der Waals surface area contributed by atoms with E-state index < -0.39 is 0 Å². The highest BCUT2D eigenvalue weighted by atomic mass is 16.5. The molecule has 2 nitrogen and oxygen atoms in total. The van der Waals surface area contributed by atoms with Crippen molar-refractivity contribution in [3.8, 4) is 0 Å². The van der Waals surface area contributed by atoms with Crippen LogP contribution >= 0.6 is 0 Å². The lowest BCUT2D eigenvalue weighted by molar-refractivity contribution is 0.103. The molecular weight excluding hydrogens is 224 g/mol. The fraction of sp³-hybridized carbons (Fsp3) is 0.625. The zero-order valence-electron chi connectivity index (χ0n) is 11.4. The van der Waals surface area contributed by atoms with Gasteiger partial charge in [-0.3, -0.25) is 0 Å². The highest BCUT2D eigenvalue weighted by Gasteiger charge is 2.14. The van der Waals surface area contributed by atoms with E-state index in [0.29, 0.717) is 13.2 Å². The maximum Gasteiger partial charge on any atom is 0.0719 e. The molecule has 0 amide bonds. The molecule has 0 heterocycles. The van der Waals surface area contributed by atoms with Gasteiger partial charge in [-0.2, -0.15) is 0 Å². The lowest BCUT2D eigenvalue weighted by Gasteiger charge is -2.21. The van der Waals surface area contributed by atoms with Crippen molar-refractivity contribution in [2.45, 2.75) is 52.1 Å². The van der Waals surface area contributed by atoms with Crippen LogP contribution in [-0.2, 0) is 30.6 Å². The van der Waals surface area contributed by atoms with Crippen LogP contribution in [0.3, 0.4) is 0 Å². The zero-order chi connectivity index (χ0) is 12.8. The molecule has 0 aliphatic heterocycles. The molecule has 1 aliphatic carbocycles. The van der Waals surface area contributed by atoms with Crippen molar-refractivity contribution in [1.29, 1.82) is 0 Å². The van der Waals surface area contributed by atoms with Gasteiger partial charge in [0.1, 0.15) is 0 Å². The van der Waals surface area contributed by atoms with Crippen LogP contribution in [0.2, 0.25) is 0 Å². The maximum atomic E-state index is 8.76. The second kappa shape index (κ2) is 6.91. The summed E-state index contributed by atoms with van der Waals surface area (Å²) in [5.41, 5.74) is 5.88. The molecule has 1 aliphatic rings. The molecule has 0 atom stereocenters. The van der Waals surface area contributed by atoms with Gasteiger partial charge in [0.05, 0.1) is 6.61 Å². The third kappa shape index (κ3) is 3.33. The van der Waals surface area contributed by atoms with Crippen LogP contribution in [0.15, 0.2) is 12.1 Å². The standard InChI is InChI=1S/C16H24O2/c1-2-13-10-14-6-3-4-7-16(14)15(11-13)12-18-9-5-8-17/h10-11,17H,2-9,12H2,1H3. The van der Waals surface area contributed by atoms with Crippen LogP contribution in [0, 0.1) is 0 Å². The molecule has 18 heavy (non-hydrogen) atoms. The molecule has 1 N–H and O–H groups in total. The Balaban J connectivity index is 2.11. The molecule has 0 saturated heterocycles. The van der Waals surface area contributed by atoms with Gasteiger partial charge in [0.2, 0.25) is 0 Å². The number of aryl methyl sites for hydroxylation is 2. The monoisotopic (exact) mass is 248 g/mol. The molecule has 2 heteroatoms. The SMILES string of the molecule is CCc1cc2c(c(COCCCO)c1)CCCC2. The van der Waals surface area contributed by atoms with Crippen molar-refractivity contribution in [1.82, 2.24) is 0 Å². The number of benzene rings is 1. The van der Waals surface area contributed by atoms with Gasteiger partial charge < -0.3 is 9.84 Å². The minimum atomic E-state index is 0.215. The number of fused-ring (bicyclic) bond motifs is 1. The van der Waals surface area contributed by atoms with E-state index in [-0.39, 0.29) is 6.61 Å². The van der Waals surface area contributed by atoms with Gasteiger partial charge in [0.15, 0.2) is 0 Å². The summed E-state index contributed by atoms with van der Waals surface area (Å²) in [6, 6.07) is 4.69. The van der Waals surface area contributed by atoms with Crippen LogP contribution in [0.4, 0.5) is 0 Å². The predicted molar refractivity (Wildman–Crippen MR) is 73.8 cm³/mol. The summed E-state index contributed by atoms with van der Waals surface area (Å²) in [7, 11) is 0. The van der Waals surface area contributed by atoms with E-state index >= 15 is 0 Å². The molecule has 0 radical (unpaired) electrons. The van der Waals surface area contributed by atoms with E-state index in [1.165, 1.54) is 42.4 Å². The molecule has 0 spiro atoms. The molecule has 0 fully saturated rings. The van der Waals surface area contributed by atoms with Gasteiger partial charge in [0.25, 0.3) is 0 Å². The number of rotatable bonds is 6.